The standard InChI is InChI=1S/C20H18N4O2S/c1-20(2,3)19-22-14-7-8-15(24(25)26)18(17(14)23-19)27-16-6-4-5-12-11-21-10-9-13(12)16/h4-11H,1-3H3,(H,22,23). The molecule has 0 aliphatic rings. The number of nitrogens with zero attached hydrogens (tertiary/aromatic N) is 3. The van der Waals surface area contributed by atoms with Crippen LogP contribution < -0.4 is 0 Å². The molecule has 4 aromatic rings. The number of aromatic amines is 1. The van der Waals surface area contributed by atoms with Gasteiger partial charge in [-0.15, -0.1) is 0 Å². The Bertz CT molecular complexity index is 1170. The third-order valence-corrected chi connectivity index (χ3v) is 5.53. The normalized spacial score (nSPS) is 12.0. The molecule has 4 rings (SSSR count). The van der Waals surface area contributed by atoms with Crippen molar-refractivity contribution in [3.8, 4) is 0 Å². The molecule has 2 aromatic heterocycles. The molecule has 2 aromatic carbocycles. The van der Waals surface area contributed by atoms with E-state index in [4.69, 9.17) is 4.98 Å². The van der Waals surface area contributed by atoms with E-state index in [2.05, 4.69) is 30.7 Å². The van der Waals surface area contributed by atoms with Crippen LogP contribution in [0.15, 0.2) is 58.6 Å². The van der Waals surface area contributed by atoms with Crippen molar-refractivity contribution in [3.63, 3.8) is 0 Å². The number of hydrogen-bond donors (Lipinski definition) is 1. The van der Waals surface area contributed by atoms with Gasteiger partial charge >= 0.3 is 0 Å². The smallest absolute Gasteiger partial charge is 0.285 e. The zero-order valence-electron chi connectivity index (χ0n) is 15.2. The first-order chi connectivity index (χ1) is 12.8. The van der Waals surface area contributed by atoms with Crippen molar-refractivity contribution in [2.24, 2.45) is 0 Å². The largest absolute Gasteiger partial charge is 0.341 e. The molecular formula is C20H18N4O2S. The van der Waals surface area contributed by atoms with Crippen molar-refractivity contribution < 1.29 is 4.92 Å². The first-order valence-corrected chi connectivity index (χ1v) is 9.34. The Morgan fingerprint density at radius 2 is 1.96 bits per heavy atom. The number of fused-ring (bicyclic) bond motifs is 2. The van der Waals surface area contributed by atoms with E-state index in [9.17, 15) is 10.1 Å². The van der Waals surface area contributed by atoms with Gasteiger partial charge in [-0.1, -0.05) is 44.7 Å². The van der Waals surface area contributed by atoms with Crippen LogP contribution in [-0.2, 0) is 5.41 Å². The van der Waals surface area contributed by atoms with Gasteiger partial charge in [-0.05, 0) is 23.6 Å². The van der Waals surface area contributed by atoms with Gasteiger partial charge in [0.2, 0.25) is 0 Å². The molecule has 0 spiro atoms. The van der Waals surface area contributed by atoms with Crippen LogP contribution in [0, 0.1) is 10.1 Å². The lowest BCUT2D eigenvalue weighted by Gasteiger charge is -2.13. The van der Waals surface area contributed by atoms with Gasteiger partial charge in [-0.2, -0.15) is 0 Å². The van der Waals surface area contributed by atoms with Crippen molar-refractivity contribution in [3.05, 3.63) is 64.7 Å². The minimum Gasteiger partial charge on any atom is -0.341 e. The Hall–Kier alpha value is -2.93. The molecular weight excluding hydrogens is 360 g/mol. The number of benzene rings is 2. The zero-order chi connectivity index (χ0) is 19.2. The molecule has 0 saturated heterocycles. The molecule has 0 saturated carbocycles. The lowest BCUT2D eigenvalue weighted by molar-refractivity contribution is -0.387. The molecule has 7 heteroatoms. The molecule has 136 valence electrons. The van der Waals surface area contributed by atoms with E-state index in [0.717, 1.165) is 27.0 Å². The van der Waals surface area contributed by atoms with E-state index in [0.29, 0.717) is 10.4 Å². The van der Waals surface area contributed by atoms with Crippen LogP contribution in [0.1, 0.15) is 26.6 Å². The third-order valence-electron chi connectivity index (χ3n) is 4.35. The molecule has 0 bridgehead atoms. The van der Waals surface area contributed by atoms with Crippen LogP contribution in [0.4, 0.5) is 5.69 Å². The maximum Gasteiger partial charge on any atom is 0.285 e. The van der Waals surface area contributed by atoms with Gasteiger partial charge in [0.1, 0.15) is 16.2 Å². The van der Waals surface area contributed by atoms with Crippen LogP contribution >= 0.6 is 11.8 Å². The number of nitrogens with one attached hydrogen (secondary N) is 1. The fourth-order valence-electron chi connectivity index (χ4n) is 2.93. The number of pyridine rings is 1. The van der Waals surface area contributed by atoms with Crippen molar-refractivity contribution in [1.29, 1.82) is 0 Å². The summed E-state index contributed by atoms with van der Waals surface area (Å²) in [5, 5.41) is 13.7. The van der Waals surface area contributed by atoms with Crippen LogP contribution in [0.2, 0.25) is 0 Å². The van der Waals surface area contributed by atoms with Crippen molar-refractivity contribution >= 4 is 39.3 Å². The summed E-state index contributed by atoms with van der Waals surface area (Å²) < 4.78 is 0. The highest BCUT2D eigenvalue weighted by molar-refractivity contribution is 8.00. The van der Waals surface area contributed by atoms with E-state index in [1.165, 1.54) is 11.8 Å². The Morgan fingerprint density at radius 1 is 1.15 bits per heavy atom. The quantitative estimate of drug-likeness (QED) is 0.377. The predicted molar refractivity (Wildman–Crippen MR) is 107 cm³/mol. The number of hydrogen-bond acceptors (Lipinski definition) is 5. The molecule has 0 aliphatic heterocycles. The number of aromatic nitrogens is 3. The van der Waals surface area contributed by atoms with Gasteiger partial charge in [0.25, 0.3) is 5.69 Å². The second-order valence-corrected chi connectivity index (χ2v) is 8.41. The number of nitro groups is 1. The number of H-pyrrole nitrogens is 1. The SMILES string of the molecule is CC(C)(C)c1nc2c(Sc3cccc4cnccc34)c([N+](=O)[O-])ccc2[nH]1. The topological polar surface area (TPSA) is 84.7 Å². The molecule has 6 nitrogen and oxygen atoms in total. The van der Waals surface area contributed by atoms with Crippen molar-refractivity contribution in [2.75, 3.05) is 0 Å². The molecule has 0 atom stereocenters. The monoisotopic (exact) mass is 378 g/mol. The molecule has 0 unspecified atom stereocenters. The molecule has 27 heavy (non-hydrogen) atoms. The fraction of sp³-hybridized carbons (Fsp3) is 0.200. The molecule has 0 fully saturated rings. The average molecular weight is 378 g/mol. The highest BCUT2D eigenvalue weighted by atomic mass is 32.2. The van der Waals surface area contributed by atoms with Crippen LogP contribution in [0.25, 0.3) is 21.8 Å². The van der Waals surface area contributed by atoms with Gasteiger partial charge < -0.3 is 4.98 Å². The molecule has 1 N–H and O–H groups in total. The highest BCUT2D eigenvalue weighted by Gasteiger charge is 2.24. The molecule has 0 amide bonds. The summed E-state index contributed by atoms with van der Waals surface area (Å²) in [4.78, 5) is 25.0. The van der Waals surface area contributed by atoms with E-state index < -0.39 is 0 Å². The van der Waals surface area contributed by atoms with Gasteiger partial charge in [0.05, 0.1) is 10.4 Å². The Balaban J connectivity index is 1.94. The van der Waals surface area contributed by atoms with Crippen molar-refractivity contribution in [2.45, 2.75) is 36.0 Å². The summed E-state index contributed by atoms with van der Waals surface area (Å²) in [5.41, 5.74) is 1.31. The Labute approximate surface area is 160 Å². The molecule has 2 heterocycles. The van der Waals surface area contributed by atoms with Crippen LogP contribution in [0.5, 0.6) is 0 Å². The summed E-state index contributed by atoms with van der Waals surface area (Å²) in [6.45, 7) is 6.18. The maximum absolute atomic E-state index is 11.7. The maximum atomic E-state index is 11.7. The Kier molecular flexibility index (Phi) is 4.11. The third kappa shape index (κ3) is 3.14. The second-order valence-electron chi connectivity index (χ2n) is 7.36. The number of rotatable bonds is 3. The fourth-order valence-corrected chi connectivity index (χ4v) is 4.09. The minimum atomic E-state index is -0.347. The summed E-state index contributed by atoms with van der Waals surface area (Å²) in [6, 6.07) is 11.1. The van der Waals surface area contributed by atoms with Gasteiger partial charge in [-0.25, -0.2) is 4.98 Å². The Morgan fingerprint density at radius 3 is 2.70 bits per heavy atom. The van der Waals surface area contributed by atoms with E-state index >= 15 is 0 Å². The van der Waals surface area contributed by atoms with Gasteiger partial charge in [0, 0.05) is 34.2 Å². The molecule has 0 aliphatic carbocycles. The zero-order valence-corrected chi connectivity index (χ0v) is 16.0. The first-order valence-electron chi connectivity index (χ1n) is 8.53. The predicted octanol–water partition coefficient (Wildman–Crippen LogP) is 5.47. The summed E-state index contributed by atoms with van der Waals surface area (Å²) in [5.74, 6) is 0.807. The van der Waals surface area contributed by atoms with E-state index in [-0.39, 0.29) is 16.0 Å². The number of imidazole rings is 1. The van der Waals surface area contributed by atoms with Crippen molar-refractivity contribution in [1.82, 2.24) is 15.0 Å². The second kappa shape index (κ2) is 6.35. The van der Waals surface area contributed by atoms with E-state index in [1.807, 2.05) is 24.3 Å². The van der Waals surface area contributed by atoms with Crippen LogP contribution in [0.3, 0.4) is 0 Å². The summed E-state index contributed by atoms with van der Waals surface area (Å²) >= 11 is 1.37. The van der Waals surface area contributed by atoms with Gasteiger partial charge in [0.15, 0.2) is 0 Å². The highest BCUT2D eigenvalue weighted by Crippen LogP contribution is 2.42. The summed E-state index contributed by atoms with van der Waals surface area (Å²) in [7, 11) is 0. The first kappa shape index (κ1) is 17.5. The van der Waals surface area contributed by atoms with Gasteiger partial charge in [-0.3, -0.25) is 15.1 Å². The van der Waals surface area contributed by atoms with Crippen LogP contribution in [-0.4, -0.2) is 19.9 Å². The number of nitro benzene ring substituents is 1. The molecule has 0 radical (unpaired) electrons. The minimum absolute atomic E-state index is 0.0607. The lowest BCUT2D eigenvalue weighted by atomic mass is 9.96. The lowest BCUT2D eigenvalue weighted by Crippen LogP contribution is -2.12. The van der Waals surface area contributed by atoms with E-state index in [1.54, 1.807) is 24.5 Å². The average Bonchev–Trinajstić information content (AvgIpc) is 3.07. The summed E-state index contributed by atoms with van der Waals surface area (Å²) in [6.07, 6.45) is 3.52.